The summed E-state index contributed by atoms with van der Waals surface area (Å²) in [5.41, 5.74) is 6.48. The van der Waals surface area contributed by atoms with E-state index in [-0.39, 0.29) is 5.54 Å². The van der Waals surface area contributed by atoms with Gasteiger partial charge in [-0.3, -0.25) is 0 Å². The van der Waals surface area contributed by atoms with Crippen molar-refractivity contribution in [2.45, 2.75) is 32.4 Å². The molecule has 0 saturated carbocycles. The van der Waals surface area contributed by atoms with Gasteiger partial charge in [0.05, 0.1) is 13.2 Å². The summed E-state index contributed by atoms with van der Waals surface area (Å²) in [4.78, 5) is 0. The van der Waals surface area contributed by atoms with Crippen LogP contribution >= 0.6 is 23.2 Å². The van der Waals surface area contributed by atoms with Crippen molar-refractivity contribution < 1.29 is 4.74 Å². The molecule has 1 unspecified atom stereocenters. The summed E-state index contributed by atoms with van der Waals surface area (Å²) in [6.07, 6.45) is 0.864. The van der Waals surface area contributed by atoms with Crippen molar-refractivity contribution in [1.29, 1.82) is 0 Å². The third kappa shape index (κ3) is 3.95. The molecule has 0 aromatic heterocycles. The van der Waals surface area contributed by atoms with Crippen LogP contribution in [0.5, 0.6) is 0 Å². The first-order valence-corrected chi connectivity index (χ1v) is 6.01. The van der Waals surface area contributed by atoms with Crippen LogP contribution in [0.1, 0.15) is 25.8 Å². The molecular weight excluding hydrogens is 245 g/mol. The summed E-state index contributed by atoms with van der Waals surface area (Å²) in [6.45, 7) is 4.88. The quantitative estimate of drug-likeness (QED) is 0.879. The lowest BCUT2D eigenvalue weighted by Gasteiger charge is -2.22. The lowest BCUT2D eigenvalue weighted by Crippen LogP contribution is -2.40. The first-order valence-electron chi connectivity index (χ1n) is 5.26. The molecule has 1 rings (SSSR count). The maximum absolute atomic E-state index is 6.02. The van der Waals surface area contributed by atoms with Gasteiger partial charge in [0.15, 0.2) is 0 Å². The molecule has 0 aliphatic rings. The van der Waals surface area contributed by atoms with E-state index in [4.69, 9.17) is 33.7 Å². The first kappa shape index (κ1) is 13.8. The van der Waals surface area contributed by atoms with E-state index < -0.39 is 0 Å². The van der Waals surface area contributed by atoms with E-state index in [0.29, 0.717) is 23.3 Å². The van der Waals surface area contributed by atoms with Crippen molar-refractivity contribution in [3.63, 3.8) is 0 Å². The number of hydrogen-bond acceptors (Lipinski definition) is 2. The molecule has 1 aromatic rings. The number of halogens is 2. The zero-order valence-corrected chi connectivity index (χ0v) is 11.1. The Balaban J connectivity index is 2.56. The molecule has 90 valence electrons. The van der Waals surface area contributed by atoms with Gasteiger partial charge in [-0.2, -0.15) is 0 Å². The van der Waals surface area contributed by atoms with Gasteiger partial charge >= 0.3 is 0 Å². The Morgan fingerprint density at radius 1 is 1.31 bits per heavy atom. The highest BCUT2D eigenvalue weighted by atomic mass is 35.5. The molecule has 0 bridgehead atoms. The minimum absolute atomic E-state index is 0.298. The Labute approximate surface area is 107 Å². The molecule has 0 spiro atoms. The van der Waals surface area contributed by atoms with E-state index >= 15 is 0 Å². The Morgan fingerprint density at radius 2 is 1.88 bits per heavy atom. The molecule has 0 radical (unpaired) electrons. The van der Waals surface area contributed by atoms with Gasteiger partial charge in [0.1, 0.15) is 0 Å². The predicted molar refractivity (Wildman–Crippen MR) is 69.0 cm³/mol. The largest absolute Gasteiger partial charge is 0.375 e. The first-order chi connectivity index (χ1) is 7.46. The van der Waals surface area contributed by atoms with Gasteiger partial charge in [0, 0.05) is 21.1 Å². The van der Waals surface area contributed by atoms with Crippen molar-refractivity contribution in [3.05, 3.63) is 33.8 Å². The Bertz CT molecular complexity index is 333. The number of nitrogens with two attached hydrogens (primary N) is 1. The highest BCUT2D eigenvalue weighted by Crippen LogP contribution is 2.25. The molecule has 0 aliphatic carbocycles. The van der Waals surface area contributed by atoms with Crippen molar-refractivity contribution >= 4 is 23.2 Å². The van der Waals surface area contributed by atoms with Gasteiger partial charge in [-0.15, -0.1) is 0 Å². The summed E-state index contributed by atoms with van der Waals surface area (Å²) in [5, 5.41) is 1.26. The van der Waals surface area contributed by atoms with Crippen molar-refractivity contribution in [1.82, 2.24) is 0 Å². The standard InChI is InChI=1S/C12H17Cl2NO/c1-3-12(2,15)8-16-7-9-10(13)5-4-6-11(9)14/h4-6H,3,7-8,15H2,1-2H3. The molecule has 0 fully saturated rings. The smallest absolute Gasteiger partial charge is 0.0746 e. The maximum atomic E-state index is 6.02. The van der Waals surface area contributed by atoms with E-state index in [0.717, 1.165) is 12.0 Å². The molecule has 4 heteroatoms. The molecule has 1 aromatic carbocycles. The van der Waals surface area contributed by atoms with Crippen LogP contribution < -0.4 is 5.73 Å². The average molecular weight is 262 g/mol. The maximum Gasteiger partial charge on any atom is 0.0746 e. The van der Waals surface area contributed by atoms with E-state index in [1.54, 1.807) is 12.1 Å². The summed E-state index contributed by atoms with van der Waals surface area (Å²) >= 11 is 12.0. The predicted octanol–water partition coefficient (Wildman–Crippen LogP) is 3.64. The minimum Gasteiger partial charge on any atom is -0.375 e. The van der Waals surface area contributed by atoms with E-state index in [2.05, 4.69) is 0 Å². The van der Waals surface area contributed by atoms with E-state index in [9.17, 15) is 0 Å². The highest BCUT2D eigenvalue weighted by Gasteiger charge is 2.16. The second-order valence-electron chi connectivity index (χ2n) is 4.20. The molecular formula is C12H17Cl2NO. The molecule has 0 amide bonds. The summed E-state index contributed by atoms with van der Waals surface area (Å²) < 4.78 is 5.54. The molecule has 16 heavy (non-hydrogen) atoms. The summed E-state index contributed by atoms with van der Waals surface area (Å²) in [5.74, 6) is 0. The van der Waals surface area contributed by atoms with Crippen molar-refractivity contribution in [2.75, 3.05) is 6.61 Å². The molecule has 2 N–H and O–H groups in total. The van der Waals surface area contributed by atoms with E-state index in [1.165, 1.54) is 0 Å². The van der Waals surface area contributed by atoms with Crippen LogP contribution in [0.4, 0.5) is 0 Å². The fourth-order valence-electron chi connectivity index (χ4n) is 1.16. The molecule has 0 heterocycles. The van der Waals surface area contributed by atoms with Crippen LogP contribution in [0.3, 0.4) is 0 Å². The normalized spacial score (nSPS) is 14.8. The number of benzene rings is 1. The third-order valence-electron chi connectivity index (χ3n) is 2.55. The average Bonchev–Trinajstić information content (AvgIpc) is 2.22. The van der Waals surface area contributed by atoms with Gasteiger partial charge in [-0.25, -0.2) is 0 Å². The SMILES string of the molecule is CCC(C)(N)COCc1c(Cl)cccc1Cl. The van der Waals surface area contributed by atoms with Gasteiger partial charge < -0.3 is 10.5 Å². The Morgan fingerprint density at radius 3 is 2.38 bits per heavy atom. The minimum atomic E-state index is -0.298. The molecule has 0 saturated heterocycles. The fraction of sp³-hybridized carbons (Fsp3) is 0.500. The second kappa shape index (κ2) is 5.87. The van der Waals surface area contributed by atoms with Gasteiger partial charge in [0.25, 0.3) is 0 Å². The van der Waals surface area contributed by atoms with Crippen molar-refractivity contribution in [2.24, 2.45) is 5.73 Å². The van der Waals surface area contributed by atoms with Crippen molar-refractivity contribution in [3.8, 4) is 0 Å². The number of rotatable bonds is 5. The highest BCUT2D eigenvalue weighted by molar-refractivity contribution is 6.35. The lowest BCUT2D eigenvalue weighted by molar-refractivity contribution is 0.0778. The monoisotopic (exact) mass is 261 g/mol. The summed E-state index contributed by atoms with van der Waals surface area (Å²) in [6, 6.07) is 5.41. The number of ether oxygens (including phenoxy) is 1. The topological polar surface area (TPSA) is 35.2 Å². The summed E-state index contributed by atoms with van der Waals surface area (Å²) in [7, 11) is 0. The zero-order chi connectivity index (χ0) is 12.2. The van der Waals surface area contributed by atoms with Crippen LogP contribution in [-0.4, -0.2) is 12.1 Å². The third-order valence-corrected chi connectivity index (χ3v) is 3.26. The zero-order valence-electron chi connectivity index (χ0n) is 9.59. The Kier molecular flexibility index (Phi) is 5.06. The van der Waals surface area contributed by atoms with E-state index in [1.807, 2.05) is 19.9 Å². The molecule has 2 nitrogen and oxygen atoms in total. The molecule has 0 aliphatic heterocycles. The fourth-order valence-corrected chi connectivity index (χ4v) is 1.67. The lowest BCUT2D eigenvalue weighted by atomic mass is 10.0. The number of hydrogen-bond donors (Lipinski definition) is 1. The van der Waals surface area contributed by atoms with Crippen LogP contribution in [0.25, 0.3) is 0 Å². The Hall–Kier alpha value is -0.280. The van der Waals surface area contributed by atoms with Crippen LogP contribution in [0, 0.1) is 0 Å². The second-order valence-corrected chi connectivity index (χ2v) is 5.01. The van der Waals surface area contributed by atoms with Gasteiger partial charge in [-0.1, -0.05) is 36.2 Å². The van der Waals surface area contributed by atoms with Crippen LogP contribution in [-0.2, 0) is 11.3 Å². The van der Waals surface area contributed by atoms with Gasteiger partial charge in [0.2, 0.25) is 0 Å². The van der Waals surface area contributed by atoms with Gasteiger partial charge in [-0.05, 0) is 25.5 Å². The molecule has 1 atom stereocenters. The van der Waals surface area contributed by atoms with Crippen LogP contribution in [0.15, 0.2) is 18.2 Å². The van der Waals surface area contributed by atoms with Crippen LogP contribution in [0.2, 0.25) is 10.0 Å².